The molecule has 3 N–H and O–H groups in total. The fourth-order valence-electron chi connectivity index (χ4n) is 4.35. The second kappa shape index (κ2) is 16.9. The molecule has 0 spiro atoms. The number of carbonyl (C=O) groups excluding carboxylic acids is 3. The first kappa shape index (κ1) is 30.6. The number of nitrogens with zero attached hydrogens (tertiary/aromatic N) is 2. The van der Waals surface area contributed by atoms with E-state index in [1.807, 2.05) is 24.3 Å². The molecule has 1 aliphatic heterocycles. The number of primary amides is 1. The maximum atomic E-state index is 12.5. The molecule has 0 aromatic heterocycles. The van der Waals surface area contributed by atoms with Crippen molar-refractivity contribution in [3.05, 3.63) is 47.5 Å². The average molecular weight is 551 g/mol. The Hall–Kier alpha value is -3.94. The molecule has 10 heteroatoms. The lowest BCUT2D eigenvalue weighted by Crippen LogP contribution is -2.29. The number of fused-ring (bicyclic) bond motifs is 1. The summed E-state index contributed by atoms with van der Waals surface area (Å²) in [6, 6.07) is 14.3. The topological polar surface area (TPSA) is 144 Å². The van der Waals surface area contributed by atoms with Crippen molar-refractivity contribution < 1.29 is 28.6 Å². The molecular formula is C30H38N4O6. The highest BCUT2D eigenvalue weighted by Crippen LogP contribution is 2.26. The summed E-state index contributed by atoms with van der Waals surface area (Å²) in [5.74, 6) is -1.30. The number of anilines is 1. The Labute approximate surface area is 235 Å². The van der Waals surface area contributed by atoms with Crippen molar-refractivity contribution in [2.24, 2.45) is 5.73 Å². The number of nitrogens with one attached hydrogen (secondary N) is 1. The predicted molar refractivity (Wildman–Crippen MR) is 152 cm³/mol. The van der Waals surface area contributed by atoms with Crippen LogP contribution in [0.5, 0.6) is 0 Å². The van der Waals surface area contributed by atoms with Crippen molar-refractivity contribution in [2.45, 2.75) is 38.5 Å². The SMILES string of the molecule is N#C/C(=C\c1ccc2cc(N3CCCCC3)ccc2c1)C(=O)NCCOCCOCCOC(=O)CCCC(N)=O. The van der Waals surface area contributed by atoms with Crippen LogP contribution < -0.4 is 16.0 Å². The van der Waals surface area contributed by atoms with Gasteiger partial charge in [-0.05, 0) is 66.3 Å². The van der Waals surface area contributed by atoms with Gasteiger partial charge in [-0.15, -0.1) is 0 Å². The average Bonchev–Trinajstić information content (AvgIpc) is 2.96. The zero-order valence-corrected chi connectivity index (χ0v) is 22.9. The molecule has 2 amide bonds. The minimum atomic E-state index is -0.458. The summed E-state index contributed by atoms with van der Waals surface area (Å²) >= 11 is 0. The molecule has 2 aromatic carbocycles. The van der Waals surface area contributed by atoms with Crippen LogP contribution in [0.1, 0.15) is 44.1 Å². The highest BCUT2D eigenvalue weighted by molar-refractivity contribution is 6.02. The zero-order valence-electron chi connectivity index (χ0n) is 22.9. The normalized spacial score (nSPS) is 13.6. The number of nitriles is 1. The van der Waals surface area contributed by atoms with Gasteiger partial charge in [0.15, 0.2) is 0 Å². The standard InChI is InChI=1S/C30H38N4O6/c31-22-26(20-23-7-8-25-21-27(10-9-24(25)19-23)34-12-2-1-3-13-34)30(37)33-11-14-38-15-16-39-17-18-40-29(36)6-4-5-28(32)35/h7-10,19-21H,1-6,11-18H2,(H2,32,35)(H,33,37)/b26-20+. The minimum Gasteiger partial charge on any atom is -0.463 e. The number of hydrogen-bond acceptors (Lipinski definition) is 8. The third-order valence-electron chi connectivity index (χ3n) is 6.44. The number of hydrogen-bond donors (Lipinski definition) is 2. The first-order chi connectivity index (χ1) is 19.5. The molecular weight excluding hydrogens is 512 g/mol. The Morgan fingerprint density at radius 3 is 2.38 bits per heavy atom. The highest BCUT2D eigenvalue weighted by atomic mass is 16.6. The monoisotopic (exact) mass is 550 g/mol. The van der Waals surface area contributed by atoms with Crippen LogP contribution in [-0.4, -0.2) is 70.5 Å². The van der Waals surface area contributed by atoms with Crippen LogP contribution in [0.25, 0.3) is 16.8 Å². The second-order valence-corrected chi connectivity index (χ2v) is 9.53. The maximum Gasteiger partial charge on any atom is 0.305 e. The van der Waals surface area contributed by atoms with Gasteiger partial charge in [-0.25, -0.2) is 0 Å². The van der Waals surface area contributed by atoms with E-state index in [1.165, 1.54) is 24.9 Å². The van der Waals surface area contributed by atoms with E-state index in [0.717, 1.165) is 29.4 Å². The summed E-state index contributed by atoms with van der Waals surface area (Å²) in [6.07, 6.45) is 6.00. The zero-order chi connectivity index (χ0) is 28.6. The first-order valence-corrected chi connectivity index (χ1v) is 13.7. The molecule has 1 fully saturated rings. The van der Waals surface area contributed by atoms with Gasteiger partial charge in [0, 0.05) is 38.2 Å². The number of carbonyl (C=O) groups is 3. The predicted octanol–water partition coefficient (Wildman–Crippen LogP) is 3.09. The Morgan fingerprint density at radius 1 is 0.925 bits per heavy atom. The fraction of sp³-hybridized carbons (Fsp3) is 0.467. The van der Waals surface area contributed by atoms with Crippen molar-refractivity contribution in [1.29, 1.82) is 5.26 Å². The quantitative estimate of drug-likeness (QED) is 0.140. The van der Waals surface area contributed by atoms with Crippen LogP contribution in [0, 0.1) is 11.3 Å². The molecule has 10 nitrogen and oxygen atoms in total. The smallest absolute Gasteiger partial charge is 0.305 e. The Morgan fingerprint density at radius 2 is 1.62 bits per heavy atom. The van der Waals surface area contributed by atoms with Crippen LogP contribution >= 0.6 is 0 Å². The van der Waals surface area contributed by atoms with Crippen molar-refractivity contribution in [3.8, 4) is 6.07 Å². The number of nitrogens with two attached hydrogens (primary N) is 1. The van der Waals surface area contributed by atoms with E-state index in [2.05, 4.69) is 28.4 Å². The molecule has 0 unspecified atom stereocenters. The van der Waals surface area contributed by atoms with E-state index in [9.17, 15) is 19.6 Å². The molecule has 0 aliphatic carbocycles. The molecule has 214 valence electrons. The lowest BCUT2D eigenvalue weighted by Gasteiger charge is -2.29. The number of amides is 2. The van der Waals surface area contributed by atoms with E-state index in [0.29, 0.717) is 19.6 Å². The fourth-order valence-corrected chi connectivity index (χ4v) is 4.35. The van der Waals surface area contributed by atoms with Crippen LogP contribution in [-0.2, 0) is 28.6 Å². The Bertz CT molecular complexity index is 1220. The van der Waals surface area contributed by atoms with E-state index in [4.69, 9.17) is 19.9 Å². The largest absolute Gasteiger partial charge is 0.463 e. The van der Waals surface area contributed by atoms with Gasteiger partial charge < -0.3 is 30.2 Å². The third-order valence-corrected chi connectivity index (χ3v) is 6.44. The maximum absolute atomic E-state index is 12.5. The summed E-state index contributed by atoms with van der Waals surface area (Å²) in [5.41, 5.74) is 7.06. The molecule has 0 saturated carbocycles. The van der Waals surface area contributed by atoms with Crippen molar-refractivity contribution in [1.82, 2.24) is 5.32 Å². The minimum absolute atomic E-state index is 0.0248. The number of piperidine rings is 1. The first-order valence-electron chi connectivity index (χ1n) is 13.7. The van der Waals surface area contributed by atoms with Gasteiger partial charge in [-0.2, -0.15) is 5.26 Å². The number of ether oxygens (including phenoxy) is 3. The van der Waals surface area contributed by atoms with Gasteiger partial charge in [-0.1, -0.05) is 18.2 Å². The molecule has 0 atom stereocenters. The number of rotatable bonds is 16. The summed E-state index contributed by atoms with van der Waals surface area (Å²) in [7, 11) is 0. The van der Waals surface area contributed by atoms with Crippen molar-refractivity contribution >= 4 is 40.3 Å². The van der Waals surface area contributed by atoms with Gasteiger partial charge >= 0.3 is 5.97 Å². The molecule has 1 saturated heterocycles. The molecule has 1 heterocycles. The molecule has 0 bridgehead atoms. The van der Waals surface area contributed by atoms with Gasteiger partial charge in [-0.3, -0.25) is 14.4 Å². The molecule has 0 radical (unpaired) electrons. The Kier molecular flexibility index (Phi) is 12.9. The van der Waals surface area contributed by atoms with Crippen LogP contribution in [0.3, 0.4) is 0 Å². The molecule has 3 rings (SSSR count). The van der Waals surface area contributed by atoms with Gasteiger partial charge in [0.05, 0.1) is 26.4 Å². The summed E-state index contributed by atoms with van der Waals surface area (Å²) in [6.45, 7) is 3.64. The molecule has 40 heavy (non-hydrogen) atoms. The summed E-state index contributed by atoms with van der Waals surface area (Å²) < 4.78 is 15.7. The number of esters is 1. The molecule has 1 aliphatic rings. The third kappa shape index (κ3) is 10.7. The van der Waals surface area contributed by atoms with Gasteiger partial charge in [0.25, 0.3) is 5.91 Å². The molecule has 2 aromatic rings. The Balaban J connectivity index is 1.32. The summed E-state index contributed by atoms with van der Waals surface area (Å²) in [4.78, 5) is 37.0. The van der Waals surface area contributed by atoms with Crippen molar-refractivity contribution in [3.63, 3.8) is 0 Å². The van der Waals surface area contributed by atoms with Gasteiger partial charge in [0.1, 0.15) is 18.2 Å². The van der Waals surface area contributed by atoms with E-state index in [1.54, 1.807) is 6.08 Å². The van der Waals surface area contributed by atoms with Crippen LogP contribution in [0.4, 0.5) is 5.69 Å². The lowest BCUT2D eigenvalue weighted by molar-refractivity contribution is -0.145. The van der Waals surface area contributed by atoms with Crippen molar-refractivity contribution in [2.75, 3.05) is 57.6 Å². The van der Waals surface area contributed by atoms with Gasteiger partial charge in [0.2, 0.25) is 5.91 Å². The number of benzene rings is 2. The lowest BCUT2D eigenvalue weighted by atomic mass is 10.0. The van der Waals surface area contributed by atoms with Crippen LogP contribution in [0.15, 0.2) is 42.0 Å². The van der Waals surface area contributed by atoms with Crippen LogP contribution in [0.2, 0.25) is 0 Å². The summed E-state index contributed by atoms with van der Waals surface area (Å²) in [5, 5.41) is 14.4. The van der Waals surface area contributed by atoms with E-state index in [-0.39, 0.29) is 44.8 Å². The van der Waals surface area contributed by atoms with E-state index < -0.39 is 17.8 Å². The second-order valence-electron chi connectivity index (χ2n) is 9.53. The highest BCUT2D eigenvalue weighted by Gasteiger charge is 2.12. The van der Waals surface area contributed by atoms with E-state index >= 15 is 0 Å².